The highest BCUT2D eigenvalue weighted by molar-refractivity contribution is 5.90. The van der Waals surface area contributed by atoms with Crippen LogP contribution >= 0.6 is 0 Å². The molecule has 1 aromatic heterocycles. The first-order valence-electron chi connectivity index (χ1n) is 16.8. The quantitative estimate of drug-likeness (QED) is 0.310. The van der Waals surface area contributed by atoms with Crippen LogP contribution in [0.4, 0.5) is 20.2 Å². The summed E-state index contributed by atoms with van der Waals surface area (Å²) in [5, 5.41) is 16.8. The fourth-order valence-corrected chi connectivity index (χ4v) is 6.81. The molecule has 1 aliphatic carbocycles. The molecule has 15 heteroatoms. The first kappa shape index (κ1) is 35.6. The Balaban J connectivity index is 1.06. The summed E-state index contributed by atoms with van der Waals surface area (Å²) < 4.78 is 6.76. The van der Waals surface area contributed by atoms with Gasteiger partial charge in [-0.15, -0.1) is 0 Å². The van der Waals surface area contributed by atoms with Gasteiger partial charge in [-0.3, -0.25) is 19.6 Å². The molecule has 5 rings (SSSR count). The van der Waals surface area contributed by atoms with Crippen LogP contribution in [0.3, 0.4) is 0 Å². The number of benzene rings is 1. The second-order valence-electron chi connectivity index (χ2n) is 14.8. The van der Waals surface area contributed by atoms with Gasteiger partial charge < -0.3 is 30.3 Å². The maximum atomic E-state index is 12.9. The number of nitrogens with one attached hydrogen (secondary N) is 3. The summed E-state index contributed by atoms with van der Waals surface area (Å²) in [6.45, 7) is 14.5. The van der Waals surface area contributed by atoms with E-state index in [-0.39, 0.29) is 44.0 Å². The number of urea groups is 1. The Bertz CT molecular complexity index is 1600. The van der Waals surface area contributed by atoms with Crippen LogP contribution < -0.4 is 21.6 Å². The molecule has 0 radical (unpaired) electrons. The number of aromatic nitrogens is 2. The molecule has 3 unspecified atom stereocenters. The number of anilines is 1. The van der Waals surface area contributed by atoms with Gasteiger partial charge >= 0.3 is 23.9 Å². The number of piperidine rings is 1. The zero-order valence-electron chi connectivity index (χ0n) is 29.1. The lowest BCUT2D eigenvalue weighted by Crippen LogP contribution is -2.60. The van der Waals surface area contributed by atoms with Crippen molar-refractivity contribution in [2.75, 3.05) is 51.1 Å². The van der Waals surface area contributed by atoms with Gasteiger partial charge in [-0.1, -0.05) is 12.1 Å². The lowest BCUT2D eigenvalue weighted by atomic mass is 10.0. The van der Waals surface area contributed by atoms with Gasteiger partial charge in [0.15, 0.2) is 0 Å². The van der Waals surface area contributed by atoms with Crippen LogP contribution in [0.15, 0.2) is 41.3 Å². The summed E-state index contributed by atoms with van der Waals surface area (Å²) in [6.07, 6.45) is 0.800. The molecule has 266 valence electrons. The molecule has 49 heavy (non-hydrogen) atoms. The van der Waals surface area contributed by atoms with Crippen molar-refractivity contribution in [3.05, 3.63) is 52.6 Å². The van der Waals surface area contributed by atoms with Gasteiger partial charge in [-0.2, -0.15) is 4.98 Å². The van der Waals surface area contributed by atoms with Crippen molar-refractivity contribution in [1.29, 1.82) is 0 Å². The van der Waals surface area contributed by atoms with Crippen molar-refractivity contribution in [3.8, 4) is 5.69 Å². The van der Waals surface area contributed by atoms with Crippen molar-refractivity contribution in [1.82, 2.24) is 34.9 Å². The number of carboxylic acid groups (broad SMARTS) is 1. The summed E-state index contributed by atoms with van der Waals surface area (Å²) in [5.74, 6) is 1.48. The highest BCUT2D eigenvalue weighted by atomic mass is 16.6. The molecule has 1 aromatic carbocycles. The summed E-state index contributed by atoms with van der Waals surface area (Å²) in [4.78, 5) is 71.1. The van der Waals surface area contributed by atoms with Gasteiger partial charge in [0.25, 0.3) is 0 Å². The number of piperazine rings is 1. The average Bonchev–Trinajstić information content (AvgIpc) is 3.46. The predicted octanol–water partition coefficient (Wildman–Crippen LogP) is 2.59. The highest BCUT2D eigenvalue weighted by Crippen LogP contribution is 2.51. The molecule has 0 bridgehead atoms. The molecule has 3 fully saturated rings. The smallest absolute Gasteiger partial charge is 0.407 e. The van der Waals surface area contributed by atoms with E-state index in [9.17, 15) is 24.0 Å². The molecular formula is C34H48N8O7. The van der Waals surface area contributed by atoms with Gasteiger partial charge in [-0.05, 0) is 89.5 Å². The van der Waals surface area contributed by atoms with Gasteiger partial charge in [0, 0.05) is 58.1 Å². The second-order valence-corrected chi connectivity index (χ2v) is 14.8. The van der Waals surface area contributed by atoms with Crippen molar-refractivity contribution >= 4 is 29.9 Å². The van der Waals surface area contributed by atoms with E-state index < -0.39 is 29.0 Å². The molecule has 5 amide bonds. The van der Waals surface area contributed by atoms with Crippen LogP contribution in [0.2, 0.25) is 0 Å². The van der Waals surface area contributed by atoms with Crippen molar-refractivity contribution < 1.29 is 29.0 Å². The largest absolute Gasteiger partial charge is 0.465 e. The van der Waals surface area contributed by atoms with E-state index in [4.69, 9.17) is 9.84 Å². The predicted molar refractivity (Wildman–Crippen MR) is 182 cm³/mol. The van der Waals surface area contributed by atoms with Gasteiger partial charge in [0.05, 0.1) is 5.69 Å². The Kier molecular flexibility index (Phi) is 10.2. The Morgan fingerprint density at radius 2 is 1.57 bits per heavy atom. The van der Waals surface area contributed by atoms with Crippen LogP contribution in [0.1, 0.15) is 47.1 Å². The number of carbonyl (C=O) groups excluding carboxylic acids is 3. The number of hydrogen-bond acceptors (Lipinski definition) is 8. The molecule has 2 saturated heterocycles. The summed E-state index contributed by atoms with van der Waals surface area (Å²) in [6, 6.07) is 9.28. The standard InChI is InChI=1S/C34H48N8O7/c1-21(41-19-25-24(26(25)20-41)18-35-32(48)49-33(2,3)4)17-22-7-9-23(10-8-22)42-12-11-27(37-30(42)45)36-29(44)40-15-13-39(14-16-40)28(43)34(5,6)38-31(46)47/h7-12,21,24-26,38H,13-20H2,1-6H3,(H,35,48)(H,46,47)(H,36,37,44,45). The number of carbonyl (C=O) groups is 4. The number of hydrogen-bond donors (Lipinski definition) is 4. The Morgan fingerprint density at radius 1 is 0.959 bits per heavy atom. The SMILES string of the molecule is CC(Cc1ccc(-n2ccc(NC(=O)N3CCN(C(=O)C(C)(C)NC(=O)O)CC3)nc2=O)cc1)N1CC2C(CNC(=O)OC(C)(C)C)C2C1. The number of amides is 5. The average molecular weight is 681 g/mol. The molecular weight excluding hydrogens is 632 g/mol. The van der Waals surface area contributed by atoms with Crippen LogP contribution in [0.5, 0.6) is 0 Å². The third kappa shape index (κ3) is 8.88. The Morgan fingerprint density at radius 3 is 2.14 bits per heavy atom. The van der Waals surface area contributed by atoms with Gasteiger partial charge in [-0.25, -0.2) is 19.2 Å². The fraction of sp³-hybridized carbons (Fsp3) is 0.588. The second kappa shape index (κ2) is 14.1. The molecule has 15 nitrogen and oxygen atoms in total. The van der Waals surface area contributed by atoms with Crippen LogP contribution in [-0.2, 0) is 16.0 Å². The van der Waals surface area contributed by atoms with E-state index in [2.05, 4.69) is 32.8 Å². The number of fused-ring (bicyclic) bond motifs is 1. The zero-order chi connectivity index (χ0) is 35.7. The van der Waals surface area contributed by atoms with Crippen molar-refractivity contribution in [2.24, 2.45) is 17.8 Å². The third-order valence-corrected chi connectivity index (χ3v) is 9.50. The molecule has 2 aromatic rings. The normalized spacial score (nSPS) is 21.4. The van der Waals surface area contributed by atoms with Crippen LogP contribution in [0.25, 0.3) is 5.69 Å². The Hall–Kier alpha value is -4.66. The minimum Gasteiger partial charge on any atom is -0.465 e. The highest BCUT2D eigenvalue weighted by Gasteiger charge is 2.55. The number of nitrogens with zero attached hydrogens (tertiary/aromatic N) is 5. The number of alkyl carbamates (subject to hydrolysis) is 1. The first-order chi connectivity index (χ1) is 23.0. The van der Waals surface area contributed by atoms with Crippen LogP contribution in [-0.4, -0.2) is 116 Å². The minimum atomic E-state index is -1.29. The topological polar surface area (TPSA) is 178 Å². The van der Waals surface area contributed by atoms with E-state index in [1.807, 2.05) is 45.0 Å². The summed E-state index contributed by atoms with van der Waals surface area (Å²) in [7, 11) is 0. The van der Waals surface area contributed by atoms with E-state index in [1.165, 1.54) is 28.2 Å². The molecule has 3 aliphatic rings. The molecule has 3 heterocycles. The maximum Gasteiger partial charge on any atom is 0.407 e. The molecule has 0 spiro atoms. The van der Waals surface area contributed by atoms with E-state index in [1.54, 1.807) is 12.3 Å². The third-order valence-electron chi connectivity index (χ3n) is 9.50. The van der Waals surface area contributed by atoms with Gasteiger partial charge in [0.1, 0.15) is 17.0 Å². The lowest BCUT2D eigenvalue weighted by Gasteiger charge is -2.38. The van der Waals surface area contributed by atoms with Crippen LogP contribution in [0, 0.1) is 17.8 Å². The van der Waals surface area contributed by atoms with Crippen molar-refractivity contribution in [2.45, 2.75) is 65.1 Å². The fourth-order valence-electron chi connectivity index (χ4n) is 6.81. The van der Waals surface area contributed by atoms with E-state index in [0.29, 0.717) is 36.0 Å². The zero-order valence-corrected chi connectivity index (χ0v) is 29.1. The summed E-state index contributed by atoms with van der Waals surface area (Å²) >= 11 is 0. The maximum absolute atomic E-state index is 12.9. The molecule has 3 atom stereocenters. The minimum absolute atomic E-state index is 0.119. The Labute approximate surface area is 286 Å². The molecule has 4 N–H and O–H groups in total. The van der Waals surface area contributed by atoms with Crippen molar-refractivity contribution in [3.63, 3.8) is 0 Å². The van der Waals surface area contributed by atoms with Gasteiger partial charge in [0.2, 0.25) is 5.91 Å². The molecule has 1 saturated carbocycles. The number of likely N-dealkylation sites (tertiary alicyclic amines) is 1. The summed E-state index contributed by atoms with van der Waals surface area (Å²) in [5.41, 5.74) is -0.495. The number of ether oxygens (including phenoxy) is 1. The first-order valence-corrected chi connectivity index (χ1v) is 16.8. The van der Waals surface area contributed by atoms with E-state index >= 15 is 0 Å². The monoisotopic (exact) mass is 680 g/mol. The number of rotatable bonds is 9. The molecule has 2 aliphatic heterocycles. The van der Waals surface area contributed by atoms with E-state index in [0.717, 1.165) is 25.1 Å². The lowest BCUT2D eigenvalue weighted by molar-refractivity contribution is -0.138.